The number of fused-ring (bicyclic) bond motifs is 5. The van der Waals surface area contributed by atoms with E-state index in [4.69, 9.17) is 0 Å². The second kappa shape index (κ2) is 6.17. The highest BCUT2D eigenvalue weighted by molar-refractivity contribution is 8.04. The van der Waals surface area contributed by atoms with Crippen LogP contribution in [0.5, 0.6) is 0 Å². The molecule has 0 amide bonds. The minimum absolute atomic E-state index is 0.0848. The highest BCUT2D eigenvalue weighted by Crippen LogP contribution is 2.67. The molecule has 2 nitrogen and oxygen atoms in total. The van der Waals surface area contributed by atoms with Crippen molar-refractivity contribution in [2.24, 2.45) is 28.6 Å². The maximum Gasteiger partial charge on any atom is 0.192 e. The number of rotatable bonds is 2. The van der Waals surface area contributed by atoms with Crippen molar-refractivity contribution >= 4 is 23.3 Å². The van der Waals surface area contributed by atoms with Gasteiger partial charge in [0.05, 0.1) is 4.91 Å². The molecule has 0 aromatic heterocycles. The number of carbonyl (C=O) groups is 2. The molecule has 4 aliphatic rings. The van der Waals surface area contributed by atoms with E-state index < -0.39 is 11.6 Å². The number of hydrogen-bond donors (Lipinski definition) is 0. The van der Waals surface area contributed by atoms with Gasteiger partial charge in [-0.3, -0.25) is 9.59 Å². The molecule has 0 bridgehead atoms. The van der Waals surface area contributed by atoms with Gasteiger partial charge in [0.25, 0.3) is 0 Å². The molecular weight excluding hydrogens is 359 g/mol. The first kappa shape index (κ1) is 19.2. The molecule has 3 saturated carbocycles. The molecule has 0 aliphatic heterocycles. The van der Waals surface area contributed by atoms with Crippen molar-refractivity contribution in [3.8, 4) is 0 Å². The van der Waals surface area contributed by atoms with Gasteiger partial charge in [0.2, 0.25) is 0 Å². The Morgan fingerprint density at radius 1 is 1.30 bits per heavy atom. The van der Waals surface area contributed by atoms with Crippen molar-refractivity contribution in [1.82, 2.24) is 0 Å². The summed E-state index contributed by atoms with van der Waals surface area (Å²) in [4.78, 5) is 26.1. The largest absolute Gasteiger partial charge is 0.296 e. The van der Waals surface area contributed by atoms with Crippen LogP contribution in [0.15, 0.2) is 34.3 Å². The van der Waals surface area contributed by atoms with Crippen molar-refractivity contribution in [2.75, 3.05) is 5.75 Å². The Bertz CT molecular complexity index is 809. The third-order valence-electron chi connectivity index (χ3n) is 8.14. The lowest BCUT2D eigenvalue weighted by atomic mass is 9.46. The van der Waals surface area contributed by atoms with E-state index >= 15 is 0 Å². The summed E-state index contributed by atoms with van der Waals surface area (Å²) in [5.74, 6) is 1.46. The summed E-state index contributed by atoms with van der Waals surface area (Å²) in [7, 11) is 0. The maximum absolute atomic E-state index is 14.4. The zero-order valence-corrected chi connectivity index (χ0v) is 17.5. The molecule has 6 atom stereocenters. The van der Waals surface area contributed by atoms with Gasteiger partial charge in [0.1, 0.15) is 0 Å². The number of thioether (sulfide) groups is 1. The topological polar surface area (TPSA) is 34.1 Å². The van der Waals surface area contributed by atoms with Gasteiger partial charge in [-0.05, 0) is 73.3 Å². The number of alkyl halides is 1. The lowest BCUT2D eigenvalue weighted by molar-refractivity contribution is -0.134. The Labute approximate surface area is 165 Å². The summed E-state index contributed by atoms with van der Waals surface area (Å²) < 4.78 is 14.4. The Hall–Kier alpha value is -1.16. The molecule has 0 spiro atoms. The van der Waals surface area contributed by atoms with Crippen LogP contribution in [0.4, 0.5) is 4.39 Å². The predicted molar refractivity (Wildman–Crippen MR) is 108 cm³/mol. The normalized spacial score (nSPS) is 44.0. The first-order valence-electron chi connectivity index (χ1n) is 10.1. The van der Waals surface area contributed by atoms with Gasteiger partial charge in [-0.25, -0.2) is 4.39 Å². The average molecular weight is 389 g/mol. The number of halogens is 1. The number of Topliss-reactive ketones (excluding diaryl/α,β-unsaturated/α-hetero) is 1. The van der Waals surface area contributed by atoms with Crippen molar-refractivity contribution in [3.63, 3.8) is 0 Å². The lowest BCUT2D eigenvalue weighted by Crippen LogP contribution is -2.51. The van der Waals surface area contributed by atoms with E-state index in [0.29, 0.717) is 12.3 Å². The van der Waals surface area contributed by atoms with Gasteiger partial charge in [-0.15, -0.1) is 11.8 Å². The molecule has 0 aromatic rings. The number of carbonyl (C=O) groups excluding carboxylic acids is 2. The number of hydrogen-bond acceptors (Lipinski definition) is 3. The summed E-state index contributed by atoms with van der Waals surface area (Å²) in [5.41, 5.74) is 2.49. The maximum atomic E-state index is 14.4. The van der Waals surface area contributed by atoms with Crippen molar-refractivity contribution in [1.29, 1.82) is 0 Å². The standard InChI is InChI=1S/C23H29FO2S/c1-6-27-20-18(25)10-13(3)23(5)15-7-8-22(4)16(11-17(24)21(22)26)14(15)9-12(2)19(20)23/h10,14-17H,2,6-9,11H2,1,3-5H3/t14-,15+,16+,17+,22+,23-/m1/s1. The Kier molecular flexibility index (Phi) is 4.38. The molecular formula is C23H29FO2S. The fraction of sp³-hybridized carbons (Fsp3) is 0.652. The van der Waals surface area contributed by atoms with Crippen LogP contribution < -0.4 is 0 Å². The van der Waals surface area contributed by atoms with Crippen LogP contribution in [-0.2, 0) is 9.59 Å². The minimum Gasteiger partial charge on any atom is -0.296 e. The summed E-state index contributed by atoms with van der Waals surface area (Å²) >= 11 is 1.62. The average Bonchev–Trinajstić information content (AvgIpc) is 2.84. The van der Waals surface area contributed by atoms with Gasteiger partial charge in [-0.1, -0.05) is 32.9 Å². The van der Waals surface area contributed by atoms with E-state index in [0.717, 1.165) is 46.6 Å². The van der Waals surface area contributed by atoms with Crippen molar-refractivity contribution < 1.29 is 14.0 Å². The summed E-state index contributed by atoms with van der Waals surface area (Å²) in [5, 5.41) is 0. The Morgan fingerprint density at radius 2 is 2.00 bits per heavy atom. The van der Waals surface area contributed by atoms with Crippen LogP contribution in [0.1, 0.15) is 53.4 Å². The number of ketones is 2. The number of allylic oxidation sites excluding steroid dienone is 5. The molecule has 0 radical (unpaired) electrons. The van der Waals surface area contributed by atoms with Crippen LogP contribution >= 0.6 is 11.8 Å². The smallest absolute Gasteiger partial charge is 0.192 e. The first-order chi connectivity index (χ1) is 12.7. The van der Waals surface area contributed by atoms with Crippen LogP contribution in [0.25, 0.3) is 0 Å². The highest BCUT2D eigenvalue weighted by atomic mass is 32.2. The third-order valence-corrected chi connectivity index (χ3v) is 9.12. The van der Waals surface area contributed by atoms with Crippen LogP contribution in [0.3, 0.4) is 0 Å². The zero-order chi connectivity index (χ0) is 19.7. The summed E-state index contributed by atoms with van der Waals surface area (Å²) in [6.45, 7) is 12.8. The second-order valence-corrected chi connectivity index (χ2v) is 10.5. The van der Waals surface area contributed by atoms with Gasteiger partial charge in [-0.2, -0.15) is 0 Å². The fourth-order valence-corrected chi connectivity index (χ4v) is 7.68. The molecule has 4 rings (SSSR count). The molecule has 0 saturated heterocycles. The van der Waals surface area contributed by atoms with E-state index in [1.54, 1.807) is 11.8 Å². The molecule has 146 valence electrons. The second-order valence-electron chi connectivity index (χ2n) is 9.24. The third kappa shape index (κ3) is 2.38. The predicted octanol–water partition coefficient (Wildman–Crippen LogP) is 5.45. The Balaban J connectivity index is 1.83. The fourth-order valence-electron chi connectivity index (χ4n) is 6.69. The van der Waals surface area contributed by atoms with E-state index in [1.807, 2.05) is 13.0 Å². The summed E-state index contributed by atoms with van der Waals surface area (Å²) in [6.07, 6.45) is 3.30. The van der Waals surface area contributed by atoms with Gasteiger partial charge in [0, 0.05) is 10.8 Å². The highest BCUT2D eigenvalue weighted by Gasteiger charge is 2.63. The molecule has 0 heterocycles. The molecule has 0 aromatic carbocycles. The molecule has 4 heteroatoms. The monoisotopic (exact) mass is 388 g/mol. The molecule has 27 heavy (non-hydrogen) atoms. The van der Waals surface area contributed by atoms with E-state index in [2.05, 4.69) is 27.4 Å². The molecule has 0 N–H and O–H groups in total. The zero-order valence-electron chi connectivity index (χ0n) is 16.7. The van der Waals surface area contributed by atoms with Crippen LogP contribution in [-0.4, -0.2) is 23.5 Å². The van der Waals surface area contributed by atoms with Crippen molar-refractivity contribution in [2.45, 2.75) is 59.5 Å². The minimum atomic E-state index is -1.31. The Morgan fingerprint density at radius 3 is 2.67 bits per heavy atom. The van der Waals surface area contributed by atoms with Gasteiger partial charge < -0.3 is 0 Å². The SMILES string of the molecule is C=C1C[C@@H]2[C@H](CC[C@]3(C)C(=O)[C@@H](F)C[C@@H]23)[C@@]2(C)C(C)=CC(=O)C(SCC)=C12. The van der Waals surface area contributed by atoms with E-state index in [1.165, 1.54) is 0 Å². The van der Waals surface area contributed by atoms with Gasteiger partial charge in [0.15, 0.2) is 17.7 Å². The molecule has 3 fully saturated rings. The first-order valence-corrected chi connectivity index (χ1v) is 11.1. The lowest BCUT2D eigenvalue weighted by Gasteiger charge is -2.57. The molecule has 0 unspecified atom stereocenters. The molecule has 4 aliphatic carbocycles. The van der Waals surface area contributed by atoms with E-state index in [-0.39, 0.29) is 28.8 Å². The quantitative estimate of drug-likeness (QED) is 0.631. The van der Waals surface area contributed by atoms with Gasteiger partial charge >= 0.3 is 0 Å². The summed E-state index contributed by atoms with van der Waals surface area (Å²) in [6, 6.07) is 0. The van der Waals surface area contributed by atoms with Crippen LogP contribution in [0.2, 0.25) is 0 Å². The van der Waals surface area contributed by atoms with Crippen molar-refractivity contribution in [3.05, 3.63) is 34.3 Å². The van der Waals surface area contributed by atoms with Crippen LogP contribution in [0, 0.1) is 28.6 Å². The van der Waals surface area contributed by atoms with E-state index in [9.17, 15) is 14.0 Å².